The van der Waals surface area contributed by atoms with E-state index in [1.807, 2.05) is 0 Å². The van der Waals surface area contributed by atoms with Gasteiger partial charge in [-0.15, -0.1) is 0 Å². The van der Waals surface area contributed by atoms with Crippen molar-refractivity contribution in [3.63, 3.8) is 0 Å². The molecule has 0 aliphatic carbocycles. The van der Waals surface area contributed by atoms with Gasteiger partial charge >= 0.3 is 0 Å². The number of ether oxygens (including phenoxy) is 1. The Morgan fingerprint density at radius 1 is 1.30 bits per heavy atom. The predicted octanol–water partition coefficient (Wildman–Crippen LogP) is 4.72. The molecular formula is C16H10N6O. The van der Waals surface area contributed by atoms with Crippen LogP contribution in [0.2, 0.25) is 0 Å². The van der Waals surface area contributed by atoms with Gasteiger partial charge in [-0.25, -0.2) is 15.0 Å². The Bertz CT molecular complexity index is 878. The topological polar surface area (TPSA) is 90.5 Å². The molecular weight excluding hydrogens is 292 g/mol. The third-order valence-corrected chi connectivity index (χ3v) is 3.27. The number of nitrogens with zero attached hydrogens (tertiary/aromatic N) is 6. The number of allylic oxidation sites excluding steroid dienone is 1. The minimum absolute atomic E-state index is 0.0108. The van der Waals surface area contributed by atoms with Crippen LogP contribution in [0.15, 0.2) is 46.5 Å². The van der Waals surface area contributed by atoms with Gasteiger partial charge in [-0.1, -0.05) is 29.4 Å². The molecule has 1 heterocycles. The molecule has 0 saturated heterocycles. The molecule has 0 aromatic heterocycles. The Morgan fingerprint density at radius 2 is 1.96 bits per heavy atom. The zero-order valence-electron chi connectivity index (χ0n) is 12.4. The number of hydrogen-bond donors (Lipinski definition) is 0. The first kappa shape index (κ1) is 15.7. The fourth-order valence-electron chi connectivity index (χ4n) is 2.38. The molecule has 0 bridgehead atoms. The molecule has 0 amide bonds. The minimum Gasteiger partial charge on any atom is -0.505 e. The van der Waals surface area contributed by atoms with E-state index in [9.17, 15) is 0 Å². The van der Waals surface area contributed by atoms with Gasteiger partial charge in [0, 0.05) is 16.2 Å². The lowest BCUT2D eigenvalue weighted by Crippen LogP contribution is -2.20. The van der Waals surface area contributed by atoms with Crippen molar-refractivity contribution in [2.75, 3.05) is 0 Å². The second-order valence-electron chi connectivity index (χ2n) is 5.09. The van der Waals surface area contributed by atoms with Crippen LogP contribution in [0.25, 0.3) is 25.7 Å². The van der Waals surface area contributed by atoms with Gasteiger partial charge in [-0.2, -0.15) is 0 Å². The second kappa shape index (κ2) is 5.95. The molecule has 0 radical (unpaired) electrons. The van der Waals surface area contributed by atoms with Crippen LogP contribution in [0.3, 0.4) is 0 Å². The van der Waals surface area contributed by atoms with Crippen molar-refractivity contribution < 1.29 is 4.74 Å². The molecule has 110 valence electrons. The average Bonchev–Trinajstić information content (AvgIpc) is 2.80. The monoisotopic (exact) mass is 302 g/mol. The Morgan fingerprint density at radius 3 is 2.43 bits per heavy atom. The Hall–Kier alpha value is -3.72. The maximum atomic E-state index is 9.05. The summed E-state index contributed by atoms with van der Waals surface area (Å²) in [5.74, 6) is 0.0108. The summed E-state index contributed by atoms with van der Waals surface area (Å²) in [5, 5.41) is 12.5. The molecule has 1 aromatic carbocycles. The minimum atomic E-state index is -0.859. The first-order valence-electron chi connectivity index (χ1n) is 6.47. The van der Waals surface area contributed by atoms with Gasteiger partial charge in [-0.05, 0) is 24.9 Å². The molecule has 0 N–H and O–H groups in total. The standard InChI is InChI=1S/C16H10N6O/c1-16(2)13(10-5-7-11(8-6-10)21-22-18)14(20-4)15(23-16)12(9-17)19-3/h5-8H,1-2H3. The molecule has 7 nitrogen and oxygen atoms in total. The van der Waals surface area contributed by atoms with Gasteiger partial charge < -0.3 is 4.74 Å². The molecule has 0 saturated carbocycles. The maximum absolute atomic E-state index is 9.05. The van der Waals surface area contributed by atoms with E-state index in [0.717, 1.165) is 0 Å². The quantitative estimate of drug-likeness (QED) is 0.260. The lowest BCUT2D eigenvalue weighted by molar-refractivity contribution is 0.109. The van der Waals surface area contributed by atoms with E-state index in [1.165, 1.54) is 0 Å². The van der Waals surface area contributed by atoms with Crippen LogP contribution in [0.5, 0.6) is 0 Å². The highest BCUT2D eigenvalue weighted by Crippen LogP contribution is 2.46. The lowest BCUT2D eigenvalue weighted by Gasteiger charge is -2.24. The predicted molar refractivity (Wildman–Crippen MR) is 83.2 cm³/mol. The summed E-state index contributed by atoms with van der Waals surface area (Å²) in [6, 6.07) is 8.44. The van der Waals surface area contributed by atoms with E-state index in [2.05, 4.69) is 19.7 Å². The van der Waals surface area contributed by atoms with E-state index in [0.29, 0.717) is 16.8 Å². The maximum Gasteiger partial charge on any atom is 0.292 e. The van der Waals surface area contributed by atoms with Crippen LogP contribution in [0.4, 0.5) is 5.69 Å². The summed E-state index contributed by atoms with van der Waals surface area (Å²) in [5.41, 5.74) is 9.23. The molecule has 0 fully saturated rings. The molecule has 1 aliphatic heterocycles. The molecule has 0 unspecified atom stereocenters. The first-order chi connectivity index (χ1) is 11.0. The molecule has 1 aliphatic rings. The number of nitriles is 1. The Labute approximate surface area is 133 Å². The van der Waals surface area contributed by atoms with Crippen LogP contribution in [0, 0.1) is 24.5 Å². The molecule has 2 rings (SSSR count). The van der Waals surface area contributed by atoms with Crippen molar-refractivity contribution in [2.24, 2.45) is 5.11 Å². The summed E-state index contributed by atoms with van der Waals surface area (Å²) < 4.78 is 5.71. The third-order valence-electron chi connectivity index (χ3n) is 3.27. The van der Waals surface area contributed by atoms with Gasteiger partial charge in [0.05, 0.1) is 19.2 Å². The summed E-state index contributed by atoms with van der Waals surface area (Å²) in [4.78, 5) is 9.31. The summed E-state index contributed by atoms with van der Waals surface area (Å²) >= 11 is 0. The summed E-state index contributed by atoms with van der Waals surface area (Å²) in [6.07, 6.45) is 0. The zero-order chi connectivity index (χ0) is 17.0. The van der Waals surface area contributed by atoms with Gasteiger partial charge in [0.25, 0.3) is 5.70 Å². The molecule has 1 aromatic rings. The van der Waals surface area contributed by atoms with Gasteiger partial charge in [-0.3, -0.25) is 0 Å². The van der Waals surface area contributed by atoms with Crippen LogP contribution in [-0.4, -0.2) is 5.60 Å². The molecule has 7 heteroatoms. The smallest absolute Gasteiger partial charge is 0.292 e. The van der Waals surface area contributed by atoms with Crippen LogP contribution in [-0.2, 0) is 4.74 Å². The zero-order valence-corrected chi connectivity index (χ0v) is 12.4. The molecule has 0 atom stereocenters. The van der Waals surface area contributed by atoms with Crippen LogP contribution < -0.4 is 0 Å². The third kappa shape index (κ3) is 2.71. The van der Waals surface area contributed by atoms with E-state index in [-0.39, 0.29) is 17.2 Å². The van der Waals surface area contributed by atoms with E-state index in [1.54, 1.807) is 44.2 Å². The highest BCUT2D eigenvalue weighted by Gasteiger charge is 2.40. The van der Waals surface area contributed by atoms with Crippen molar-refractivity contribution in [1.82, 2.24) is 0 Å². The van der Waals surface area contributed by atoms with E-state index >= 15 is 0 Å². The molecule has 23 heavy (non-hydrogen) atoms. The van der Waals surface area contributed by atoms with Gasteiger partial charge in [0.1, 0.15) is 11.4 Å². The van der Waals surface area contributed by atoms with Crippen LogP contribution >= 0.6 is 0 Å². The SMILES string of the molecule is [C-]#[N+]C(C#N)=C1OC(C)(C)C(c2ccc(N=[N+]=[N-])cc2)=C1[N+]#[C-]. The van der Waals surface area contributed by atoms with Gasteiger partial charge in [0.2, 0.25) is 5.70 Å². The van der Waals surface area contributed by atoms with E-state index in [4.69, 9.17) is 28.7 Å². The van der Waals surface area contributed by atoms with Crippen LogP contribution in [0.1, 0.15) is 19.4 Å². The number of azide groups is 1. The van der Waals surface area contributed by atoms with Crippen molar-refractivity contribution in [2.45, 2.75) is 19.4 Å². The fraction of sp³-hybridized carbons (Fsp3) is 0.188. The van der Waals surface area contributed by atoms with Crippen molar-refractivity contribution in [3.05, 3.63) is 80.3 Å². The highest BCUT2D eigenvalue weighted by atomic mass is 16.5. The lowest BCUT2D eigenvalue weighted by atomic mass is 9.91. The summed E-state index contributed by atoms with van der Waals surface area (Å²) in [6.45, 7) is 18.0. The van der Waals surface area contributed by atoms with Gasteiger partial charge in [0.15, 0.2) is 0 Å². The average molecular weight is 302 g/mol. The normalized spacial score (nSPS) is 17.2. The number of benzene rings is 1. The number of rotatable bonds is 2. The van der Waals surface area contributed by atoms with Crippen molar-refractivity contribution >= 4 is 11.3 Å². The highest BCUT2D eigenvalue weighted by molar-refractivity contribution is 5.82. The molecule has 0 spiro atoms. The summed E-state index contributed by atoms with van der Waals surface area (Å²) in [7, 11) is 0. The first-order valence-corrected chi connectivity index (χ1v) is 6.47. The fourth-order valence-corrected chi connectivity index (χ4v) is 2.38. The second-order valence-corrected chi connectivity index (χ2v) is 5.09. The van der Waals surface area contributed by atoms with Crippen molar-refractivity contribution in [3.8, 4) is 6.07 Å². The van der Waals surface area contributed by atoms with E-state index < -0.39 is 5.60 Å². The largest absolute Gasteiger partial charge is 0.505 e. The number of hydrogen-bond acceptors (Lipinski definition) is 3. The Kier molecular flexibility index (Phi) is 4.05. The Balaban J connectivity index is 2.71. The van der Waals surface area contributed by atoms with Crippen molar-refractivity contribution in [1.29, 1.82) is 5.26 Å².